The molecule has 2 aromatic rings. The molecular formula is C14H15NO2. The largest absolute Gasteiger partial charge is 0.478 e. The number of rotatable bonds is 3. The lowest BCUT2D eigenvalue weighted by atomic mass is 10.1. The fraction of sp³-hybridized carbons (Fsp3) is 0.214. The van der Waals surface area contributed by atoms with E-state index in [1.54, 1.807) is 6.07 Å². The van der Waals surface area contributed by atoms with Crippen LogP contribution in [0.1, 0.15) is 27.2 Å². The molecule has 0 aliphatic carbocycles. The number of benzene rings is 1. The number of hydrogen-bond acceptors (Lipinski definition) is 1. The van der Waals surface area contributed by atoms with Crippen molar-refractivity contribution in [2.45, 2.75) is 20.4 Å². The minimum Gasteiger partial charge on any atom is -0.478 e. The Labute approximate surface area is 100 Å². The van der Waals surface area contributed by atoms with E-state index in [0.717, 1.165) is 5.69 Å². The third-order valence-corrected chi connectivity index (χ3v) is 2.95. The van der Waals surface area contributed by atoms with Gasteiger partial charge in [0.25, 0.3) is 0 Å². The highest BCUT2D eigenvalue weighted by Gasteiger charge is 2.10. The van der Waals surface area contributed by atoms with Gasteiger partial charge in [-0.15, -0.1) is 0 Å². The van der Waals surface area contributed by atoms with E-state index in [4.69, 9.17) is 5.11 Å². The average molecular weight is 229 g/mol. The lowest BCUT2D eigenvalue weighted by molar-refractivity contribution is 0.0696. The highest BCUT2D eigenvalue weighted by Crippen LogP contribution is 2.13. The Kier molecular flexibility index (Phi) is 3.00. The summed E-state index contributed by atoms with van der Waals surface area (Å²) in [6, 6.07) is 9.90. The number of aromatic nitrogens is 1. The summed E-state index contributed by atoms with van der Waals surface area (Å²) >= 11 is 0. The van der Waals surface area contributed by atoms with E-state index in [1.165, 1.54) is 11.1 Å². The first kappa shape index (κ1) is 11.5. The van der Waals surface area contributed by atoms with Crippen LogP contribution in [-0.2, 0) is 6.54 Å². The number of nitrogens with zero attached hydrogens (tertiary/aromatic N) is 1. The maximum absolute atomic E-state index is 10.9. The number of hydrogen-bond donors (Lipinski definition) is 1. The van der Waals surface area contributed by atoms with Crippen molar-refractivity contribution in [2.24, 2.45) is 0 Å². The van der Waals surface area contributed by atoms with Crippen molar-refractivity contribution < 1.29 is 9.90 Å². The molecule has 2 rings (SSSR count). The smallest absolute Gasteiger partial charge is 0.337 e. The van der Waals surface area contributed by atoms with Gasteiger partial charge in [0, 0.05) is 18.4 Å². The topological polar surface area (TPSA) is 42.2 Å². The zero-order valence-corrected chi connectivity index (χ0v) is 9.97. The summed E-state index contributed by atoms with van der Waals surface area (Å²) in [6.45, 7) is 4.59. The molecule has 88 valence electrons. The second kappa shape index (κ2) is 4.45. The zero-order chi connectivity index (χ0) is 12.4. The Morgan fingerprint density at radius 2 is 1.82 bits per heavy atom. The van der Waals surface area contributed by atoms with Gasteiger partial charge in [0.15, 0.2) is 0 Å². The van der Waals surface area contributed by atoms with Gasteiger partial charge in [0.05, 0.1) is 5.56 Å². The lowest BCUT2D eigenvalue weighted by Crippen LogP contribution is -2.04. The highest BCUT2D eigenvalue weighted by molar-refractivity contribution is 5.88. The molecule has 1 N–H and O–H groups in total. The predicted molar refractivity (Wildman–Crippen MR) is 66.4 cm³/mol. The van der Waals surface area contributed by atoms with E-state index in [0.29, 0.717) is 12.1 Å². The zero-order valence-electron chi connectivity index (χ0n) is 9.97. The molecule has 1 aromatic heterocycles. The van der Waals surface area contributed by atoms with Crippen LogP contribution < -0.4 is 0 Å². The molecule has 1 heterocycles. The van der Waals surface area contributed by atoms with Crippen LogP contribution in [0.5, 0.6) is 0 Å². The SMILES string of the molecule is Cc1ccc(Cn2ccc(C(=O)O)c2C)cc1. The Morgan fingerprint density at radius 3 is 2.35 bits per heavy atom. The van der Waals surface area contributed by atoms with Crippen LogP contribution in [0.3, 0.4) is 0 Å². The molecule has 0 aliphatic heterocycles. The van der Waals surface area contributed by atoms with Gasteiger partial charge >= 0.3 is 5.97 Å². The molecule has 0 saturated heterocycles. The van der Waals surface area contributed by atoms with Crippen molar-refractivity contribution in [1.29, 1.82) is 0 Å². The van der Waals surface area contributed by atoms with Gasteiger partial charge in [0.1, 0.15) is 0 Å². The Hall–Kier alpha value is -2.03. The summed E-state index contributed by atoms with van der Waals surface area (Å²) in [5, 5.41) is 8.97. The summed E-state index contributed by atoms with van der Waals surface area (Å²) in [5.74, 6) is -0.870. The van der Waals surface area contributed by atoms with E-state index in [1.807, 2.05) is 24.6 Å². The minimum absolute atomic E-state index is 0.372. The van der Waals surface area contributed by atoms with Gasteiger partial charge in [-0.3, -0.25) is 0 Å². The molecule has 17 heavy (non-hydrogen) atoms. The number of carboxylic acids is 1. The van der Waals surface area contributed by atoms with Crippen molar-refractivity contribution in [3.63, 3.8) is 0 Å². The summed E-state index contributed by atoms with van der Waals surface area (Å²) in [7, 11) is 0. The summed E-state index contributed by atoms with van der Waals surface area (Å²) < 4.78 is 1.95. The van der Waals surface area contributed by atoms with Crippen molar-refractivity contribution in [3.05, 3.63) is 58.9 Å². The quantitative estimate of drug-likeness (QED) is 0.879. The number of aromatic carboxylic acids is 1. The molecule has 0 aliphatic rings. The van der Waals surface area contributed by atoms with E-state index in [2.05, 4.69) is 24.3 Å². The molecule has 3 heteroatoms. The van der Waals surface area contributed by atoms with Gasteiger partial charge in [-0.25, -0.2) is 4.79 Å². The van der Waals surface area contributed by atoms with E-state index in [-0.39, 0.29) is 0 Å². The Morgan fingerprint density at radius 1 is 1.18 bits per heavy atom. The van der Waals surface area contributed by atoms with Gasteiger partial charge in [-0.05, 0) is 25.5 Å². The molecule has 1 aromatic carbocycles. The second-order valence-corrected chi connectivity index (χ2v) is 4.23. The third kappa shape index (κ3) is 2.38. The van der Waals surface area contributed by atoms with Gasteiger partial charge < -0.3 is 9.67 Å². The maximum Gasteiger partial charge on any atom is 0.337 e. The fourth-order valence-electron chi connectivity index (χ4n) is 1.84. The molecule has 0 amide bonds. The van der Waals surface area contributed by atoms with Crippen molar-refractivity contribution in [2.75, 3.05) is 0 Å². The molecule has 0 saturated carbocycles. The van der Waals surface area contributed by atoms with Gasteiger partial charge in [-0.1, -0.05) is 29.8 Å². The molecule has 0 radical (unpaired) electrons. The third-order valence-electron chi connectivity index (χ3n) is 2.95. The second-order valence-electron chi connectivity index (χ2n) is 4.23. The van der Waals surface area contributed by atoms with E-state index < -0.39 is 5.97 Å². The molecule has 0 atom stereocenters. The normalized spacial score (nSPS) is 10.5. The molecule has 0 unspecified atom stereocenters. The lowest BCUT2D eigenvalue weighted by Gasteiger charge is -2.07. The number of aryl methyl sites for hydroxylation is 1. The highest BCUT2D eigenvalue weighted by atomic mass is 16.4. The Balaban J connectivity index is 2.24. The predicted octanol–water partition coefficient (Wildman–Crippen LogP) is 2.85. The number of carboxylic acid groups (broad SMARTS) is 1. The van der Waals surface area contributed by atoms with Crippen LogP contribution in [0.4, 0.5) is 0 Å². The van der Waals surface area contributed by atoms with Gasteiger partial charge in [0.2, 0.25) is 0 Å². The van der Waals surface area contributed by atoms with Crippen molar-refractivity contribution in [3.8, 4) is 0 Å². The summed E-state index contributed by atoms with van der Waals surface area (Å²) in [6.07, 6.45) is 1.82. The van der Waals surface area contributed by atoms with Crippen LogP contribution in [0.15, 0.2) is 36.5 Å². The molecule has 0 fully saturated rings. The first-order valence-corrected chi connectivity index (χ1v) is 5.52. The fourth-order valence-corrected chi connectivity index (χ4v) is 1.84. The molecule has 0 spiro atoms. The van der Waals surface area contributed by atoms with Crippen LogP contribution in [0.25, 0.3) is 0 Å². The van der Waals surface area contributed by atoms with Crippen molar-refractivity contribution >= 4 is 5.97 Å². The molecule has 3 nitrogen and oxygen atoms in total. The summed E-state index contributed by atoms with van der Waals surface area (Å²) in [4.78, 5) is 10.9. The van der Waals surface area contributed by atoms with Crippen LogP contribution in [0.2, 0.25) is 0 Å². The first-order valence-electron chi connectivity index (χ1n) is 5.52. The van der Waals surface area contributed by atoms with E-state index in [9.17, 15) is 4.79 Å². The van der Waals surface area contributed by atoms with Crippen LogP contribution >= 0.6 is 0 Å². The van der Waals surface area contributed by atoms with Crippen molar-refractivity contribution in [1.82, 2.24) is 4.57 Å². The van der Waals surface area contributed by atoms with E-state index >= 15 is 0 Å². The standard InChI is InChI=1S/C14H15NO2/c1-10-3-5-12(6-4-10)9-15-8-7-13(11(15)2)14(16)17/h3-8H,9H2,1-2H3,(H,16,17). The molecular weight excluding hydrogens is 214 g/mol. The van der Waals surface area contributed by atoms with Gasteiger partial charge in [-0.2, -0.15) is 0 Å². The first-order chi connectivity index (χ1) is 8.08. The summed E-state index contributed by atoms with van der Waals surface area (Å²) in [5.41, 5.74) is 3.56. The van der Waals surface area contributed by atoms with Crippen LogP contribution in [-0.4, -0.2) is 15.6 Å². The molecule has 0 bridgehead atoms. The number of carbonyl (C=O) groups is 1. The monoisotopic (exact) mass is 229 g/mol. The Bertz CT molecular complexity index is 538. The minimum atomic E-state index is -0.870. The van der Waals surface area contributed by atoms with Crippen LogP contribution in [0, 0.1) is 13.8 Å². The average Bonchev–Trinajstić information content (AvgIpc) is 2.64. The maximum atomic E-state index is 10.9.